The van der Waals surface area contributed by atoms with Crippen LogP contribution < -0.4 is 10.6 Å². The topological polar surface area (TPSA) is 61.4 Å². The van der Waals surface area contributed by atoms with Crippen molar-refractivity contribution in [1.29, 1.82) is 0 Å². The number of carbonyl (C=O) groups excluding carboxylic acids is 2. The van der Waals surface area contributed by atoms with Gasteiger partial charge in [0.15, 0.2) is 0 Å². The van der Waals surface area contributed by atoms with Gasteiger partial charge in [-0.3, -0.25) is 14.5 Å². The Hall–Kier alpha value is -2.37. The Balaban J connectivity index is 1.51. The minimum absolute atomic E-state index is 0.0879. The van der Waals surface area contributed by atoms with Gasteiger partial charge in [-0.05, 0) is 49.6 Å². The summed E-state index contributed by atoms with van der Waals surface area (Å²) in [6, 6.07) is 15.6. The van der Waals surface area contributed by atoms with E-state index in [1.54, 1.807) is 24.3 Å². The highest BCUT2D eigenvalue weighted by Crippen LogP contribution is 2.20. The molecule has 2 N–H and O–H groups in total. The third-order valence-electron chi connectivity index (χ3n) is 5.44. The maximum Gasteiger partial charge on any atom is 0.253 e. The molecule has 1 heterocycles. The molecule has 1 atom stereocenters. The van der Waals surface area contributed by atoms with E-state index in [4.69, 9.17) is 11.6 Å². The maximum atomic E-state index is 12.2. The van der Waals surface area contributed by atoms with E-state index in [2.05, 4.69) is 28.5 Å². The molecule has 2 aromatic rings. The lowest BCUT2D eigenvalue weighted by atomic mass is 10.0. The van der Waals surface area contributed by atoms with Crippen molar-refractivity contribution in [3.05, 3.63) is 70.2 Å². The predicted molar refractivity (Wildman–Crippen MR) is 116 cm³/mol. The van der Waals surface area contributed by atoms with Crippen molar-refractivity contribution in [1.82, 2.24) is 15.5 Å². The van der Waals surface area contributed by atoms with Crippen molar-refractivity contribution in [3.63, 3.8) is 0 Å². The number of nitrogens with one attached hydrogen (secondary N) is 2. The molecule has 0 saturated carbocycles. The zero-order valence-electron chi connectivity index (χ0n) is 16.8. The molecule has 1 aliphatic heterocycles. The van der Waals surface area contributed by atoms with Crippen molar-refractivity contribution in [2.75, 3.05) is 13.1 Å². The van der Waals surface area contributed by atoms with E-state index >= 15 is 0 Å². The van der Waals surface area contributed by atoms with Crippen molar-refractivity contribution in [2.24, 2.45) is 0 Å². The molecule has 1 saturated heterocycles. The normalized spacial score (nSPS) is 17.0. The van der Waals surface area contributed by atoms with Crippen LogP contribution in [-0.2, 0) is 17.9 Å². The summed E-state index contributed by atoms with van der Waals surface area (Å²) < 4.78 is 0. The van der Waals surface area contributed by atoms with Crippen LogP contribution >= 0.6 is 11.6 Å². The van der Waals surface area contributed by atoms with Crippen LogP contribution in [0, 0.1) is 0 Å². The highest BCUT2D eigenvalue weighted by Gasteiger charge is 2.19. The molecule has 0 aromatic heterocycles. The summed E-state index contributed by atoms with van der Waals surface area (Å²) in [7, 11) is 0. The molecule has 6 heteroatoms. The van der Waals surface area contributed by atoms with Crippen LogP contribution in [0.1, 0.15) is 47.7 Å². The number of benzene rings is 2. The summed E-state index contributed by atoms with van der Waals surface area (Å²) in [5.41, 5.74) is 2.71. The van der Waals surface area contributed by atoms with Crippen molar-refractivity contribution >= 4 is 23.4 Å². The lowest BCUT2D eigenvalue weighted by Crippen LogP contribution is -2.38. The van der Waals surface area contributed by atoms with Crippen molar-refractivity contribution in [3.8, 4) is 0 Å². The van der Waals surface area contributed by atoms with Gasteiger partial charge in [0.05, 0.1) is 17.1 Å². The fourth-order valence-electron chi connectivity index (χ4n) is 3.65. The Morgan fingerprint density at radius 2 is 1.76 bits per heavy atom. The number of carbonyl (C=O) groups is 2. The van der Waals surface area contributed by atoms with Crippen LogP contribution in [0.2, 0.25) is 5.02 Å². The molecule has 2 amide bonds. The summed E-state index contributed by atoms with van der Waals surface area (Å²) >= 11 is 6.02. The van der Waals surface area contributed by atoms with Crippen LogP contribution in [-0.4, -0.2) is 35.8 Å². The predicted octanol–water partition coefficient (Wildman–Crippen LogP) is 3.76. The molecular weight excluding hydrogens is 386 g/mol. The van der Waals surface area contributed by atoms with E-state index in [1.165, 1.54) is 24.8 Å². The molecule has 1 aliphatic rings. The first kappa shape index (κ1) is 21.3. The highest BCUT2D eigenvalue weighted by atomic mass is 35.5. The fraction of sp³-hybridized carbons (Fsp3) is 0.391. The number of halogens is 1. The van der Waals surface area contributed by atoms with Crippen LogP contribution in [0.5, 0.6) is 0 Å². The minimum Gasteiger partial charge on any atom is -0.350 e. The second-order valence-corrected chi connectivity index (χ2v) is 7.93. The SMILES string of the molecule is C[C@@H]1CCCCN1Cc1ccccc1CNC(=O)CNC(=O)c1ccccc1Cl. The quantitative estimate of drug-likeness (QED) is 0.726. The number of amides is 2. The number of rotatable bonds is 7. The van der Waals surface area contributed by atoms with E-state index < -0.39 is 0 Å². The van der Waals surface area contributed by atoms with Gasteiger partial charge < -0.3 is 10.6 Å². The van der Waals surface area contributed by atoms with Crippen LogP contribution in [0.3, 0.4) is 0 Å². The lowest BCUT2D eigenvalue weighted by Gasteiger charge is -2.33. The van der Waals surface area contributed by atoms with E-state index in [9.17, 15) is 9.59 Å². The van der Waals surface area contributed by atoms with Gasteiger partial charge in [-0.2, -0.15) is 0 Å². The van der Waals surface area contributed by atoms with E-state index in [0.717, 1.165) is 18.7 Å². The molecule has 3 rings (SSSR count). The number of likely N-dealkylation sites (tertiary alicyclic amines) is 1. The summed E-state index contributed by atoms with van der Waals surface area (Å²) in [4.78, 5) is 26.9. The van der Waals surface area contributed by atoms with Gasteiger partial charge in [0.25, 0.3) is 5.91 Å². The van der Waals surface area contributed by atoms with Crippen LogP contribution in [0.4, 0.5) is 0 Å². The number of piperidine rings is 1. The Morgan fingerprint density at radius 1 is 1.03 bits per heavy atom. The van der Waals surface area contributed by atoms with Crippen molar-refractivity contribution < 1.29 is 9.59 Å². The first-order chi connectivity index (χ1) is 14.0. The molecule has 0 spiro atoms. The molecule has 0 unspecified atom stereocenters. The molecule has 5 nitrogen and oxygen atoms in total. The number of hydrogen-bond acceptors (Lipinski definition) is 3. The molecule has 154 valence electrons. The molecule has 29 heavy (non-hydrogen) atoms. The number of nitrogens with zero attached hydrogens (tertiary/aromatic N) is 1. The summed E-state index contributed by atoms with van der Waals surface area (Å²) in [5, 5.41) is 5.89. The first-order valence-electron chi connectivity index (χ1n) is 10.1. The molecular formula is C23H28ClN3O2. The van der Waals surface area contributed by atoms with Gasteiger partial charge in [0.2, 0.25) is 5.91 Å². The maximum absolute atomic E-state index is 12.2. The Morgan fingerprint density at radius 3 is 2.52 bits per heavy atom. The monoisotopic (exact) mass is 413 g/mol. The van der Waals surface area contributed by atoms with Crippen LogP contribution in [0.15, 0.2) is 48.5 Å². The largest absolute Gasteiger partial charge is 0.350 e. The van der Waals surface area contributed by atoms with E-state index in [0.29, 0.717) is 23.2 Å². The molecule has 1 fully saturated rings. The standard InChI is InChI=1S/C23H28ClN3O2/c1-17-8-6-7-13-27(17)16-19-10-3-2-9-18(19)14-25-22(28)15-26-23(29)20-11-4-5-12-21(20)24/h2-5,9-12,17H,6-8,13-16H2,1H3,(H,25,28)(H,26,29)/t17-/m1/s1. The summed E-state index contributed by atoms with van der Waals surface area (Å²) in [6.07, 6.45) is 3.79. The Labute approximate surface area is 177 Å². The smallest absolute Gasteiger partial charge is 0.253 e. The minimum atomic E-state index is -0.356. The third kappa shape index (κ3) is 6.05. The average Bonchev–Trinajstić information content (AvgIpc) is 2.73. The Kier molecular flexibility index (Phi) is 7.67. The van der Waals surface area contributed by atoms with Gasteiger partial charge in [-0.25, -0.2) is 0 Å². The highest BCUT2D eigenvalue weighted by molar-refractivity contribution is 6.33. The van der Waals surface area contributed by atoms with Gasteiger partial charge in [0, 0.05) is 19.1 Å². The van der Waals surface area contributed by atoms with E-state index in [1.807, 2.05) is 18.2 Å². The van der Waals surface area contributed by atoms with Gasteiger partial charge in [-0.15, -0.1) is 0 Å². The fourth-order valence-corrected chi connectivity index (χ4v) is 3.87. The summed E-state index contributed by atoms with van der Waals surface area (Å²) in [5.74, 6) is -0.586. The first-order valence-corrected chi connectivity index (χ1v) is 10.5. The molecule has 0 bridgehead atoms. The zero-order chi connectivity index (χ0) is 20.6. The third-order valence-corrected chi connectivity index (χ3v) is 5.77. The Bertz CT molecular complexity index is 856. The second kappa shape index (κ2) is 10.4. The number of hydrogen-bond donors (Lipinski definition) is 2. The van der Waals surface area contributed by atoms with Gasteiger partial charge >= 0.3 is 0 Å². The zero-order valence-corrected chi connectivity index (χ0v) is 17.5. The van der Waals surface area contributed by atoms with E-state index in [-0.39, 0.29) is 18.4 Å². The van der Waals surface area contributed by atoms with Gasteiger partial charge in [-0.1, -0.05) is 54.4 Å². The lowest BCUT2D eigenvalue weighted by molar-refractivity contribution is -0.120. The van der Waals surface area contributed by atoms with Crippen molar-refractivity contribution in [2.45, 2.75) is 45.3 Å². The summed E-state index contributed by atoms with van der Waals surface area (Å²) in [6.45, 7) is 4.66. The molecule has 0 aliphatic carbocycles. The van der Waals surface area contributed by atoms with Gasteiger partial charge in [0.1, 0.15) is 0 Å². The van der Waals surface area contributed by atoms with Crippen LogP contribution in [0.25, 0.3) is 0 Å². The molecule has 2 aromatic carbocycles. The molecule has 0 radical (unpaired) electrons. The second-order valence-electron chi connectivity index (χ2n) is 7.52. The average molecular weight is 414 g/mol.